The molecular formula is C15H18F3NO3. The fourth-order valence-electron chi connectivity index (χ4n) is 1.71. The molecule has 0 saturated carbocycles. The van der Waals surface area contributed by atoms with E-state index < -0.39 is 29.5 Å². The summed E-state index contributed by atoms with van der Waals surface area (Å²) in [5.74, 6) is 0. The van der Waals surface area contributed by atoms with Crippen LogP contribution in [0.1, 0.15) is 37.9 Å². The Bertz CT molecular complexity index is 532. The second kappa shape index (κ2) is 6.37. The molecular weight excluding hydrogens is 299 g/mol. The molecule has 0 spiro atoms. The molecule has 0 radical (unpaired) electrons. The average molecular weight is 317 g/mol. The van der Waals surface area contributed by atoms with E-state index in [1.807, 2.05) is 0 Å². The summed E-state index contributed by atoms with van der Waals surface area (Å²) in [6, 6.07) is 3.06. The number of hydrogen-bond acceptors (Lipinski definition) is 3. The first kappa shape index (κ1) is 18.0. The highest BCUT2D eigenvalue weighted by Crippen LogP contribution is 2.30. The number of aldehydes is 1. The second-order valence-corrected chi connectivity index (χ2v) is 5.79. The maximum Gasteiger partial charge on any atom is 0.416 e. The topological polar surface area (TPSA) is 46.6 Å². The quantitative estimate of drug-likeness (QED) is 0.796. The molecule has 0 N–H and O–H groups in total. The van der Waals surface area contributed by atoms with Crippen LogP contribution in [0.3, 0.4) is 0 Å². The van der Waals surface area contributed by atoms with Crippen LogP contribution in [-0.2, 0) is 15.7 Å². The van der Waals surface area contributed by atoms with Gasteiger partial charge in [0.1, 0.15) is 17.9 Å². The lowest BCUT2D eigenvalue weighted by Gasteiger charge is -2.28. The minimum Gasteiger partial charge on any atom is -0.444 e. The zero-order valence-corrected chi connectivity index (χ0v) is 12.8. The summed E-state index contributed by atoms with van der Waals surface area (Å²) < 4.78 is 42.7. The van der Waals surface area contributed by atoms with Gasteiger partial charge in [0, 0.05) is 7.05 Å². The fourth-order valence-corrected chi connectivity index (χ4v) is 1.71. The average Bonchev–Trinajstić information content (AvgIpc) is 2.37. The third kappa shape index (κ3) is 4.75. The van der Waals surface area contributed by atoms with E-state index >= 15 is 0 Å². The predicted octanol–water partition coefficient (Wildman–Crippen LogP) is 3.81. The number of amides is 1. The maximum absolute atomic E-state index is 12.5. The zero-order chi connectivity index (χ0) is 17.1. The molecule has 0 heterocycles. The SMILES string of the molecule is CN(C(=O)OC(C)(C)C)C(C=O)c1ccc(C(F)(F)F)cc1. The minimum absolute atomic E-state index is 0.274. The van der Waals surface area contributed by atoms with Gasteiger partial charge in [-0.3, -0.25) is 4.90 Å². The zero-order valence-electron chi connectivity index (χ0n) is 12.8. The first-order valence-corrected chi connectivity index (χ1v) is 6.54. The summed E-state index contributed by atoms with van der Waals surface area (Å²) in [6.45, 7) is 5.02. The van der Waals surface area contributed by atoms with E-state index in [0.29, 0.717) is 6.29 Å². The van der Waals surface area contributed by atoms with Crippen LogP contribution in [0.5, 0.6) is 0 Å². The fraction of sp³-hybridized carbons (Fsp3) is 0.467. The van der Waals surface area contributed by atoms with Crippen LogP contribution in [0.25, 0.3) is 0 Å². The Labute approximate surface area is 126 Å². The number of halogens is 3. The Kier molecular flexibility index (Phi) is 5.22. The number of carbonyl (C=O) groups is 2. The number of hydrogen-bond donors (Lipinski definition) is 0. The first-order valence-electron chi connectivity index (χ1n) is 6.54. The number of benzene rings is 1. The van der Waals surface area contributed by atoms with Crippen LogP contribution in [0.4, 0.5) is 18.0 Å². The summed E-state index contributed by atoms with van der Waals surface area (Å²) in [7, 11) is 1.35. The highest BCUT2D eigenvalue weighted by molar-refractivity contribution is 5.74. The van der Waals surface area contributed by atoms with Crippen molar-refractivity contribution in [3.63, 3.8) is 0 Å². The molecule has 22 heavy (non-hydrogen) atoms. The Morgan fingerprint density at radius 3 is 2.05 bits per heavy atom. The second-order valence-electron chi connectivity index (χ2n) is 5.79. The predicted molar refractivity (Wildman–Crippen MR) is 74.2 cm³/mol. The Balaban J connectivity index is 2.96. The van der Waals surface area contributed by atoms with Crippen LogP contribution >= 0.6 is 0 Å². The smallest absolute Gasteiger partial charge is 0.416 e. The van der Waals surface area contributed by atoms with Gasteiger partial charge in [0.15, 0.2) is 0 Å². The van der Waals surface area contributed by atoms with Crippen molar-refractivity contribution in [3.8, 4) is 0 Å². The molecule has 0 aliphatic heterocycles. The third-order valence-corrected chi connectivity index (χ3v) is 2.81. The molecule has 0 aliphatic carbocycles. The number of rotatable bonds is 3. The number of ether oxygens (including phenoxy) is 1. The normalized spacial score (nSPS) is 13.4. The molecule has 1 atom stereocenters. The van der Waals surface area contributed by atoms with Gasteiger partial charge in [0.05, 0.1) is 5.56 Å². The van der Waals surface area contributed by atoms with Crippen LogP contribution in [0, 0.1) is 0 Å². The van der Waals surface area contributed by atoms with Crippen LogP contribution < -0.4 is 0 Å². The molecule has 122 valence electrons. The monoisotopic (exact) mass is 317 g/mol. The standard InChI is InChI=1S/C15H18F3NO3/c1-14(2,3)22-13(21)19(4)12(9-20)10-5-7-11(8-6-10)15(16,17)18/h5-9,12H,1-4H3. The van der Waals surface area contributed by atoms with Crippen LogP contribution in [0.15, 0.2) is 24.3 Å². The van der Waals surface area contributed by atoms with Gasteiger partial charge in [-0.05, 0) is 38.5 Å². The van der Waals surface area contributed by atoms with Gasteiger partial charge in [-0.25, -0.2) is 4.79 Å². The van der Waals surface area contributed by atoms with Crippen LogP contribution in [-0.4, -0.2) is 29.9 Å². The van der Waals surface area contributed by atoms with Gasteiger partial charge in [-0.15, -0.1) is 0 Å². The molecule has 0 aliphatic rings. The lowest BCUT2D eigenvalue weighted by atomic mass is 10.0. The first-order chi connectivity index (χ1) is 9.95. The summed E-state index contributed by atoms with van der Waals surface area (Å²) >= 11 is 0. The number of carbonyl (C=O) groups excluding carboxylic acids is 2. The molecule has 0 fully saturated rings. The van der Waals surface area contributed by atoms with Gasteiger partial charge in [-0.1, -0.05) is 12.1 Å². The van der Waals surface area contributed by atoms with Gasteiger partial charge >= 0.3 is 12.3 Å². The Hall–Kier alpha value is -2.05. The molecule has 1 rings (SSSR count). The van der Waals surface area contributed by atoms with Gasteiger partial charge in [-0.2, -0.15) is 13.2 Å². The van der Waals surface area contributed by atoms with E-state index in [9.17, 15) is 22.8 Å². The Morgan fingerprint density at radius 2 is 1.68 bits per heavy atom. The summed E-state index contributed by atoms with van der Waals surface area (Å²) in [4.78, 5) is 24.2. The number of alkyl halides is 3. The van der Waals surface area contributed by atoms with E-state index in [2.05, 4.69) is 0 Å². The number of likely N-dealkylation sites (N-methyl/N-ethyl adjacent to an activating group) is 1. The van der Waals surface area contributed by atoms with Crippen molar-refractivity contribution in [2.45, 2.75) is 38.6 Å². The molecule has 1 unspecified atom stereocenters. The summed E-state index contributed by atoms with van der Waals surface area (Å²) in [5, 5.41) is 0. The lowest BCUT2D eigenvalue weighted by molar-refractivity contribution is -0.137. The molecule has 0 bridgehead atoms. The third-order valence-electron chi connectivity index (χ3n) is 2.81. The van der Waals surface area contributed by atoms with E-state index in [4.69, 9.17) is 4.74 Å². The van der Waals surface area contributed by atoms with Crippen LogP contribution in [0.2, 0.25) is 0 Å². The van der Waals surface area contributed by atoms with Crippen molar-refractivity contribution in [2.24, 2.45) is 0 Å². The van der Waals surface area contributed by atoms with Crippen molar-refractivity contribution >= 4 is 12.4 Å². The summed E-state index contributed by atoms with van der Waals surface area (Å²) in [5.41, 5.74) is -1.28. The lowest BCUT2D eigenvalue weighted by Crippen LogP contribution is -2.37. The van der Waals surface area contributed by atoms with E-state index in [-0.39, 0.29) is 5.56 Å². The van der Waals surface area contributed by atoms with Crippen molar-refractivity contribution < 1.29 is 27.5 Å². The van der Waals surface area contributed by atoms with Gasteiger partial charge in [0.25, 0.3) is 0 Å². The van der Waals surface area contributed by atoms with Crippen molar-refractivity contribution in [3.05, 3.63) is 35.4 Å². The van der Waals surface area contributed by atoms with E-state index in [1.54, 1.807) is 20.8 Å². The van der Waals surface area contributed by atoms with Crippen molar-refractivity contribution in [2.75, 3.05) is 7.05 Å². The number of nitrogens with zero attached hydrogens (tertiary/aromatic N) is 1. The minimum atomic E-state index is -4.45. The van der Waals surface area contributed by atoms with Gasteiger partial charge in [0.2, 0.25) is 0 Å². The molecule has 0 aromatic heterocycles. The highest BCUT2D eigenvalue weighted by atomic mass is 19.4. The largest absolute Gasteiger partial charge is 0.444 e. The maximum atomic E-state index is 12.5. The molecule has 1 aromatic carbocycles. The Morgan fingerprint density at radius 1 is 1.18 bits per heavy atom. The molecule has 7 heteroatoms. The highest BCUT2D eigenvalue weighted by Gasteiger charge is 2.31. The van der Waals surface area contributed by atoms with E-state index in [0.717, 1.165) is 17.0 Å². The van der Waals surface area contributed by atoms with Crippen molar-refractivity contribution in [1.82, 2.24) is 4.90 Å². The van der Waals surface area contributed by atoms with E-state index in [1.165, 1.54) is 19.2 Å². The van der Waals surface area contributed by atoms with Gasteiger partial charge < -0.3 is 9.53 Å². The molecule has 4 nitrogen and oxygen atoms in total. The summed E-state index contributed by atoms with van der Waals surface area (Å²) in [6.07, 6.45) is -4.71. The van der Waals surface area contributed by atoms with Crippen molar-refractivity contribution in [1.29, 1.82) is 0 Å². The molecule has 0 saturated heterocycles. The molecule has 1 amide bonds. The molecule has 1 aromatic rings.